The minimum absolute atomic E-state index is 0.0386. The van der Waals surface area contributed by atoms with Crippen molar-refractivity contribution in [3.05, 3.63) is 41.0 Å². The summed E-state index contributed by atoms with van der Waals surface area (Å²) in [6.07, 6.45) is 0. The molecule has 18 heavy (non-hydrogen) atoms. The number of hydrogen-bond donors (Lipinski definition) is 1. The van der Waals surface area contributed by atoms with Crippen molar-refractivity contribution in [2.75, 3.05) is 0 Å². The first-order valence-electron chi connectivity index (χ1n) is 5.56. The molecule has 0 fully saturated rings. The van der Waals surface area contributed by atoms with Crippen LogP contribution in [0.5, 0.6) is 17.4 Å². The highest BCUT2D eigenvalue weighted by atomic mass is 35.5. The van der Waals surface area contributed by atoms with E-state index in [1.165, 1.54) is 11.6 Å². The summed E-state index contributed by atoms with van der Waals surface area (Å²) in [7, 11) is 0. The van der Waals surface area contributed by atoms with Gasteiger partial charge in [0.2, 0.25) is 0 Å². The molecule has 0 amide bonds. The van der Waals surface area contributed by atoms with Gasteiger partial charge in [-0.2, -0.15) is 0 Å². The molecule has 0 saturated carbocycles. The van der Waals surface area contributed by atoms with Crippen LogP contribution in [0.1, 0.15) is 25.3 Å². The Bertz CT molecular complexity index is 541. The predicted molar refractivity (Wildman–Crippen MR) is 69.3 cm³/mol. The lowest BCUT2D eigenvalue weighted by molar-refractivity contribution is 0.392. The summed E-state index contributed by atoms with van der Waals surface area (Å²) in [5.41, 5.74) is 1.22. The summed E-state index contributed by atoms with van der Waals surface area (Å²) in [6, 6.07) is 8.88. The second kappa shape index (κ2) is 5.23. The number of halogens is 1. The van der Waals surface area contributed by atoms with Gasteiger partial charge < -0.3 is 9.84 Å². The molecule has 2 aromatic rings. The molecule has 0 spiro atoms. The van der Waals surface area contributed by atoms with Gasteiger partial charge in [-0.15, -0.1) is 10.2 Å². The first kappa shape index (κ1) is 12.6. The zero-order valence-corrected chi connectivity index (χ0v) is 10.8. The van der Waals surface area contributed by atoms with E-state index in [0.717, 1.165) is 0 Å². The molecule has 1 N–H and O–H groups in total. The molecule has 4 nitrogen and oxygen atoms in total. The largest absolute Gasteiger partial charge is 0.503 e. The highest BCUT2D eigenvalue weighted by Gasteiger charge is 2.08. The SMILES string of the molecule is CC(C)c1ccc(Oc2nnc(Cl)cc2O)cc1. The molecule has 0 radical (unpaired) electrons. The lowest BCUT2D eigenvalue weighted by atomic mass is 10.0. The van der Waals surface area contributed by atoms with Gasteiger partial charge >= 0.3 is 0 Å². The second-order valence-electron chi connectivity index (χ2n) is 4.18. The molecular formula is C13H13ClN2O2. The Morgan fingerprint density at radius 1 is 1.17 bits per heavy atom. The molecule has 2 rings (SSSR count). The number of rotatable bonds is 3. The van der Waals surface area contributed by atoms with E-state index in [4.69, 9.17) is 16.3 Å². The second-order valence-corrected chi connectivity index (χ2v) is 4.57. The number of ether oxygens (including phenoxy) is 1. The molecule has 5 heteroatoms. The molecule has 1 aromatic heterocycles. The van der Waals surface area contributed by atoms with E-state index in [-0.39, 0.29) is 16.8 Å². The van der Waals surface area contributed by atoms with Crippen LogP contribution >= 0.6 is 11.6 Å². The van der Waals surface area contributed by atoms with E-state index in [9.17, 15) is 5.11 Å². The molecule has 0 atom stereocenters. The normalized spacial score (nSPS) is 10.7. The van der Waals surface area contributed by atoms with Crippen LogP contribution in [0, 0.1) is 0 Å². The number of aromatic nitrogens is 2. The molecule has 1 aromatic carbocycles. The van der Waals surface area contributed by atoms with Crippen LogP contribution in [-0.4, -0.2) is 15.3 Å². The summed E-state index contributed by atoms with van der Waals surface area (Å²) >= 11 is 5.59. The van der Waals surface area contributed by atoms with E-state index < -0.39 is 0 Å². The zero-order chi connectivity index (χ0) is 13.1. The van der Waals surface area contributed by atoms with Crippen molar-refractivity contribution >= 4 is 11.6 Å². The molecule has 0 unspecified atom stereocenters. The van der Waals surface area contributed by atoms with Gasteiger partial charge in [-0.05, 0) is 23.6 Å². The van der Waals surface area contributed by atoms with Crippen molar-refractivity contribution in [3.63, 3.8) is 0 Å². The Morgan fingerprint density at radius 2 is 1.83 bits per heavy atom. The number of nitrogens with zero attached hydrogens (tertiary/aromatic N) is 2. The molecule has 0 bridgehead atoms. The third-order valence-electron chi connectivity index (χ3n) is 2.47. The van der Waals surface area contributed by atoms with Gasteiger partial charge in [0.15, 0.2) is 10.9 Å². The van der Waals surface area contributed by atoms with Crippen LogP contribution in [0.4, 0.5) is 0 Å². The first-order chi connectivity index (χ1) is 8.56. The minimum atomic E-state index is -0.136. The topological polar surface area (TPSA) is 55.2 Å². The summed E-state index contributed by atoms with van der Waals surface area (Å²) in [6.45, 7) is 4.23. The van der Waals surface area contributed by atoms with Gasteiger partial charge in [0.1, 0.15) is 5.75 Å². The maximum Gasteiger partial charge on any atom is 0.281 e. The Morgan fingerprint density at radius 3 is 2.39 bits per heavy atom. The monoisotopic (exact) mass is 264 g/mol. The van der Waals surface area contributed by atoms with Gasteiger partial charge in [0.25, 0.3) is 5.88 Å². The van der Waals surface area contributed by atoms with Crippen molar-refractivity contribution < 1.29 is 9.84 Å². The van der Waals surface area contributed by atoms with Crippen molar-refractivity contribution in [1.29, 1.82) is 0 Å². The van der Waals surface area contributed by atoms with Crippen molar-refractivity contribution in [2.24, 2.45) is 0 Å². The fraction of sp³-hybridized carbons (Fsp3) is 0.231. The van der Waals surface area contributed by atoms with E-state index in [1.807, 2.05) is 24.3 Å². The molecule has 0 aliphatic heterocycles. The smallest absolute Gasteiger partial charge is 0.281 e. The standard InChI is InChI=1S/C13H13ClN2O2/c1-8(2)9-3-5-10(6-4-9)18-13-11(17)7-12(14)15-16-13/h3-8H,1-2H3,(H,15,17). The number of hydrogen-bond acceptors (Lipinski definition) is 4. The maximum atomic E-state index is 9.58. The van der Waals surface area contributed by atoms with Gasteiger partial charge in [0.05, 0.1) is 0 Å². The van der Waals surface area contributed by atoms with Crippen LogP contribution in [0.25, 0.3) is 0 Å². The first-order valence-corrected chi connectivity index (χ1v) is 5.94. The fourth-order valence-electron chi connectivity index (χ4n) is 1.45. The minimum Gasteiger partial charge on any atom is -0.503 e. The van der Waals surface area contributed by atoms with E-state index in [1.54, 1.807) is 0 Å². The van der Waals surface area contributed by atoms with Gasteiger partial charge in [0, 0.05) is 6.07 Å². The molecule has 1 heterocycles. The average molecular weight is 265 g/mol. The number of benzene rings is 1. The van der Waals surface area contributed by atoms with Crippen molar-refractivity contribution in [3.8, 4) is 17.4 Å². The van der Waals surface area contributed by atoms with Crippen LogP contribution in [-0.2, 0) is 0 Å². The van der Waals surface area contributed by atoms with Crippen LogP contribution < -0.4 is 4.74 Å². The third-order valence-corrected chi connectivity index (χ3v) is 2.66. The quantitative estimate of drug-likeness (QED) is 0.917. The van der Waals surface area contributed by atoms with Crippen LogP contribution in [0.15, 0.2) is 30.3 Å². The van der Waals surface area contributed by atoms with Gasteiger partial charge in [-0.3, -0.25) is 0 Å². The predicted octanol–water partition coefficient (Wildman–Crippen LogP) is 3.75. The molecule has 0 aliphatic rings. The Kier molecular flexibility index (Phi) is 3.67. The van der Waals surface area contributed by atoms with Gasteiger partial charge in [-0.1, -0.05) is 37.6 Å². The Hall–Kier alpha value is -1.81. The maximum absolute atomic E-state index is 9.58. The highest BCUT2D eigenvalue weighted by Crippen LogP contribution is 2.29. The number of aromatic hydroxyl groups is 1. The average Bonchev–Trinajstić information content (AvgIpc) is 2.33. The molecule has 94 valence electrons. The summed E-state index contributed by atoms with van der Waals surface area (Å²) in [5, 5.41) is 17.0. The fourth-order valence-corrected chi connectivity index (χ4v) is 1.59. The summed E-state index contributed by atoms with van der Waals surface area (Å²) < 4.78 is 5.42. The Labute approximate surface area is 110 Å². The lowest BCUT2D eigenvalue weighted by Gasteiger charge is -2.08. The van der Waals surface area contributed by atoms with Gasteiger partial charge in [-0.25, -0.2) is 0 Å². The van der Waals surface area contributed by atoms with Crippen molar-refractivity contribution in [2.45, 2.75) is 19.8 Å². The van der Waals surface area contributed by atoms with Crippen molar-refractivity contribution in [1.82, 2.24) is 10.2 Å². The van der Waals surface area contributed by atoms with E-state index >= 15 is 0 Å². The van der Waals surface area contributed by atoms with Crippen LogP contribution in [0.3, 0.4) is 0 Å². The van der Waals surface area contributed by atoms with Crippen LogP contribution in [0.2, 0.25) is 5.15 Å². The molecular weight excluding hydrogens is 252 g/mol. The highest BCUT2D eigenvalue weighted by molar-refractivity contribution is 6.29. The lowest BCUT2D eigenvalue weighted by Crippen LogP contribution is -1.92. The van der Waals surface area contributed by atoms with E-state index in [0.29, 0.717) is 11.7 Å². The zero-order valence-electron chi connectivity index (χ0n) is 10.1. The molecule has 0 aliphatic carbocycles. The van der Waals surface area contributed by atoms with E-state index in [2.05, 4.69) is 24.0 Å². The summed E-state index contributed by atoms with van der Waals surface area (Å²) in [5.74, 6) is 0.953. The molecule has 0 saturated heterocycles. The summed E-state index contributed by atoms with van der Waals surface area (Å²) in [4.78, 5) is 0. The Balaban J connectivity index is 2.18. The third kappa shape index (κ3) is 2.90.